The van der Waals surface area contributed by atoms with Crippen LogP contribution in [0.15, 0.2) is 18.2 Å². The summed E-state index contributed by atoms with van der Waals surface area (Å²) in [5, 5.41) is 0.585. The molecule has 94 valence electrons. The molecule has 0 unspecified atom stereocenters. The van der Waals surface area contributed by atoms with Gasteiger partial charge in [-0.2, -0.15) is 0 Å². The molecule has 0 aliphatic carbocycles. The molecule has 0 amide bonds. The molecule has 0 atom stereocenters. The molecule has 0 saturated carbocycles. The van der Waals surface area contributed by atoms with Crippen LogP contribution in [0.25, 0.3) is 0 Å². The molecule has 1 aromatic rings. The largest absolute Gasteiger partial charge is 0.399 e. The Kier molecular flexibility index (Phi) is 5.49. The average molecular weight is 254 g/mol. The van der Waals surface area contributed by atoms with Crippen LogP contribution >= 0.6 is 11.6 Å². The molecule has 0 aromatic heterocycles. The lowest BCUT2D eigenvalue weighted by Gasteiger charge is -2.06. The highest BCUT2D eigenvalue weighted by molar-refractivity contribution is 6.31. The second-order valence-corrected chi connectivity index (χ2v) is 5.26. The van der Waals surface area contributed by atoms with Crippen LogP contribution < -0.4 is 5.73 Å². The fourth-order valence-electron chi connectivity index (χ4n) is 1.72. The maximum absolute atomic E-state index is 11.7. The van der Waals surface area contributed by atoms with Crippen molar-refractivity contribution < 1.29 is 4.79 Å². The fourth-order valence-corrected chi connectivity index (χ4v) is 1.97. The van der Waals surface area contributed by atoms with Gasteiger partial charge < -0.3 is 5.73 Å². The third-order valence-electron chi connectivity index (χ3n) is 2.70. The van der Waals surface area contributed by atoms with Crippen molar-refractivity contribution in [1.82, 2.24) is 0 Å². The first kappa shape index (κ1) is 14.0. The smallest absolute Gasteiger partial charge is 0.137 e. The maximum atomic E-state index is 11.7. The van der Waals surface area contributed by atoms with Gasteiger partial charge in [0.15, 0.2) is 0 Å². The number of ketones is 1. The van der Waals surface area contributed by atoms with Gasteiger partial charge in [0.1, 0.15) is 5.78 Å². The Labute approximate surface area is 108 Å². The topological polar surface area (TPSA) is 43.1 Å². The number of anilines is 1. The van der Waals surface area contributed by atoms with Crippen molar-refractivity contribution in [1.29, 1.82) is 0 Å². The van der Waals surface area contributed by atoms with E-state index in [1.807, 2.05) is 6.07 Å². The molecular weight excluding hydrogens is 234 g/mol. The molecule has 0 spiro atoms. The highest BCUT2D eigenvalue weighted by atomic mass is 35.5. The van der Waals surface area contributed by atoms with Gasteiger partial charge in [-0.05, 0) is 30.0 Å². The molecular formula is C14H20ClNO. The van der Waals surface area contributed by atoms with Gasteiger partial charge in [0.2, 0.25) is 0 Å². The molecule has 0 aliphatic rings. The Morgan fingerprint density at radius 2 is 2.12 bits per heavy atom. The number of halogens is 1. The number of hydrogen-bond donors (Lipinski definition) is 1. The quantitative estimate of drug-likeness (QED) is 0.783. The Balaban J connectivity index is 2.45. The Morgan fingerprint density at radius 3 is 2.71 bits per heavy atom. The number of hydrogen-bond acceptors (Lipinski definition) is 2. The van der Waals surface area contributed by atoms with Crippen LogP contribution in [-0.2, 0) is 11.2 Å². The second kappa shape index (κ2) is 6.65. The summed E-state index contributed by atoms with van der Waals surface area (Å²) < 4.78 is 0. The summed E-state index contributed by atoms with van der Waals surface area (Å²) >= 11 is 6.03. The second-order valence-electron chi connectivity index (χ2n) is 4.85. The number of benzene rings is 1. The zero-order chi connectivity index (χ0) is 12.8. The van der Waals surface area contributed by atoms with Crippen molar-refractivity contribution in [2.45, 2.75) is 39.5 Å². The predicted molar refractivity (Wildman–Crippen MR) is 73.3 cm³/mol. The number of carbonyl (C=O) groups is 1. The van der Waals surface area contributed by atoms with Crippen LogP contribution in [-0.4, -0.2) is 5.78 Å². The first-order valence-electron chi connectivity index (χ1n) is 6.04. The van der Waals surface area contributed by atoms with Crippen molar-refractivity contribution in [2.75, 3.05) is 5.73 Å². The molecule has 1 aromatic carbocycles. The maximum Gasteiger partial charge on any atom is 0.137 e. The summed E-state index contributed by atoms with van der Waals surface area (Å²) in [5.41, 5.74) is 7.10. The normalized spacial score (nSPS) is 10.8. The number of nitrogen functional groups attached to an aromatic ring is 1. The van der Waals surface area contributed by atoms with E-state index in [1.54, 1.807) is 12.1 Å². The predicted octanol–water partition coefficient (Wildman–Crippen LogP) is 3.86. The van der Waals surface area contributed by atoms with E-state index in [2.05, 4.69) is 13.8 Å². The van der Waals surface area contributed by atoms with Crippen LogP contribution in [0.5, 0.6) is 0 Å². The van der Waals surface area contributed by atoms with Gasteiger partial charge in [0.25, 0.3) is 0 Å². The molecule has 0 bridgehead atoms. The van der Waals surface area contributed by atoms with Gasteiger partial charge in [-0.15, -0.1) is 0 Å². The highest BCUT2D eigenvalue weighted by Gasteiger charge is 2.07. The van der Waals surface area contributed by atoms with E-state index in [4.69, 9.17) is 17.3 Å². The zero-order valence-corrected chi connectivity index (χ0v) is 11.3. The minimum Gasteiger partial charge on any atom is -0.399 e. The number of nitrogens with two attached hydrogens (primary N) is 1. The summed E-state index contributed by atoms with van der Waals surface area (Å²) in [6.45, 7) is 4.34. The van der Waals surface area contributed by atoms with E-state index >= 15 is 0 Å². The van der Waals surface area contributed by atoms with Gasteiger partial charge in [-0.25, -0.2) is 0 Å². The van der Waals surface area contributed by atoms with Gasteiger partial charge in [-0.1, -0.05) is 37.9 Å². The van der Waals surface area contributed by atoms with E-state index in [1.165, 1.54) is 0 Å². The van der Waals surface area contributed by atoms with Gasteiger partial charge in [0, 0.05) is 23.6 Å². The number of carbonyl (C=O) groups excluding carboxylic acids is 1. The Hall–Kier alpha value is -1.02. The summed E-state index contributed by atoms with van der Waals surface area (Å²) in [4.78, 5) is 11.7. The van der Waals surface area contributed by atoms with Crippen LogP contribution in [0, 0.1) is 5.92 Å². The standard InChI is InChI=1S/C14H20ClNO/c1-10(2)4-3-5-13(17)8-11-6-7-12(16)9-14(11)15/h6-7,9-10H,3-5,8,16H2,1-2H3. The van der Waals surface area contributed by atoms with Crippen molar-refractivity contribution in [3.63, 3.8) is 0 Å². The van der Waals surface area contributed by atoms with Gasteiger partial charge in [-0.3, -0.25) is 4.79 Å². The fraction of sp³-hybridized carbons (Fsp3) is 0.500. The van der Waals surface area contributed by atoms with Crippen molar-refractivity contribution in [3.05, 3.63) is 28.8 Å². The van der Waals surface area contributed by atoms with Crippen molar-refractivity contribution in [3.8, 4) is 0 Å². The molecule has 17 heavy (non-hydrogen) atoms. The van der Waals surface area contributed by atoms with E-state index in [-0.39, 0.29) is 5.78 Å². The molecule has 2 nitrogen and oxygen atoms in total. The molecule has 3 heteroatoms. The molecule has 0 saturated heterocycles. The average Bonchev–Trinajstić information content (AvgIpc) is 2.21. The first-order valence-corrected chi connectivity index (χ1v) is 6.42. The third-order valence-corrected chi connectivity index (χ3v) is 3.05. The summed E-state index contributed by atoms with van der Waals surface area (Å²) in [7, 11) is 0. The monoisotopic (exact) mass is 253 g/mol. The Bertz CT molecular complexity index is 388. The van der Waals surface area contributed by atoms with Crippen LogP contribution in [0.4, 0.5) is 5.69 Å². The molecule has 1 rings (SSSR count). The molecule has 0 radical (unpaired) electrons. The van der Waals surface area contributed by atoms with Crippen molar-refractivity contribution >= 4 is 23.1 Å². The summed E-state index contributed by atoms with van der Waals surface area (Å²) in [5.74, 6) is 0.903. The molecule has 2 N–H and O–H groups in total. The Morgan fingerprint density at radius 1 is 1.41 bits per heavy atom. The van der Waals surface area contributed by atoms with Crippen LogP contribution in [0.3, 0.4) is 0 Å². The SMILES string of the molecule is CC(C)CCCC(=O)Cc1ccc(N)cc1Cl. The van der Waals surface area contributed by atoms with E-state index < -0.39 is 0 Å². The minimum absolute atomic E-state index is 0.248. The minimum atomic E-state index is 0.248. The summed E-state index contributed by atoms with van der Waals surface area (Å²) in [6, 6.07) is 5.30. The number of rotatable bonds is 6. The van der Waals surface area contributed by atoms with E-state index in [0.717, 1.165) is 18.4 Å². The van der Waals surface area contributed by atoms with Gasteiger partial charge >= 0.3 is 0 Å². The lowest BCUT2D eigenvalue weighted by molar-refractivity contribution is -0.118. The number of Topliss-reactive ketones (excluding diaryl/α,β-unsaturated/α-hetero) is 1. The van der Waals surface area contributed by atoms with E-state index in [9.17, 15) is 4.79 Å². The lowest BCUT2D eigenvalue weighted by atomic mass is 10.0. The van der Waals surface area contributed by atoms with Crippen LogP contribution in [0.2, 0.25) is 5.02 Å². The first-order chi connectivity index (χ1) is 7.99. The zero-order valence-electron chi connectivity index (χ0n) is 10.5. The lowest BCUT2D eigenvalue weighted by Crippen LogP contribution is -2.04. The van der Waals surface area contributed by atoms with Crippen molar-refractivity contribution in [2.24, 2.45) is 5.92 Å². The molecule has 0 fully saturated rings. The van der Waals surface area contributed by atoms with Crippen LogP contribution in [0.1, 0.15) is 38.7 Å². The molecule has 0 heterocycles. The highest BCUT2D eigenvalue weighted by Crippen LogP contribution is 2.20. The third kappa shape index (κ3) is 5.22. The molecule has 0 aliphatic heterocycles. The summed E-state index contributed by atoms with van der Waals surface area (Å²) in [6.07, 6.45) is 3.11. The van der Waals surface area contributed by atoms with Gasteiger partial charge in [0.05, 0.1) is 0 Å². The van der Waals surface area contributed by atoms with E-state index in [0.29, 0.717) is 29.5 Å².